The SMILES string of the molecule is O=C1C=CC(=C(O)c2ccccc2)CC1. The zero-order valence-corrected chi connectivity index (χ0v) is 8.31. The first-order valence-electron chi connectivity index (χ1n) is 4.96. The Morgan fingerprint density at radius 2 is 1.80 bits per heavy atom. The van der Waals surface area contributed by atoms with E-state index >= 15 is 0 Å². The molecule has 0 aromatic heterocycles. The van der Waals surface area contributed by atoms with Gasteiger partial charge in [-0.15, -0.1) is 0 Å². The van der Waals surface area contributed by atoms with Crippen LogP contribution in [0.3, 0.4) is 0 Å². The van der Waals surface area contributed by atoms with Crippen molar-refractivity contribution in [2.24, 2.45) is 0 Å². The van der Waals surface area contributed by atoms with E-state index in [1.807, 2.05) is 30.3 Å². The molecule has 0 aliphatic heterocycles. The summed E-state index contributed by atoms with van der Waals surface area (Å²) in [5, 5.41) is 9.95. The zero-order chi connectivity index (χ0) is 10.7. The Hall–Kier alpha value is -1.83. The zero-order valence-electron chi connectivity index (χ0n) is 8.31. The van der Waals surface area contributed by atoms with Crippen LogP contribution in [0.1, 0.15) is 18.4 Å². The molecule has 2 nitrogen and oxygen atoms in total. The first kappa shape index (κ1) is 9.71. The van der Waals surface area contributed by atoms with Gasteiger partial charge in [-0.05, 0) is 18.1 Å². The van der Waals surface area contributed by atoms with Crippen molar-refractivity contribution in [3.05, 3.63) is 53.6 Å². The van der Waals surface area contributed by atoms with E-state index in [4.69, 9.17) is 0 Å². The van der Waals surface area contributed by atoms with Gasteiger partial charge in [0.05, 0.1) is 0 Å². The maximum absolute atomic E-state index is 11.0. The van der Waals surface area contributed by atoms with Crippen LogP contribution in [0.5, 0.6) is 0 Å². The number of ketones is 1. The average Bonchev–Trinajstić information content (AvgIpc) is 2.30. The lowest BCUT2D eigenvalue weighted by Crippen LogP contribution is -2.01. The number of aliphatic hydroxyl groups excluding tert-OH is 1. The smallest absolute Gasteiger partial charge is 0.156 e. The fourth-order valence-electron chi connectivity index (χ4n) is 1.60. The quantitative estimate of drug-likeness (QED) is 0.708. The van der Waals surface area contributed by atoms with Gasteiger partial charge in [0.1, 0.15) is 5.76 Å². The van der Waals surface area contributed by atoms with Gasteiger partial charge >= 0.3 is 0 Å². The minimum atomic E-state index is 0.125. The van der Waals surface area contributed by atoms with Crippen molar-refractivity contribution in [1.29, 1.82) is 0 Å². The van der Waals surface area contributed by atoms with E-state index in [0.717, 1.165) is 11.1 Å². The molecule has 0 atom stereocenters. The van der Waals surface area contributed by atoms with Gasteiger partial charge < -0.3 is 5.11 Å². The molecule has 2 rings (SSSR count). The van der Waals surface area contributed by atoms with Gasteiger partial charge in [0, 0.05) is 12.0 Å². The van der Waals surface area contributed by atoms with Gasteiger partial charge in [-0.3, -0.25) is 4.79 Å². The van der Waals surface area contributed by atoms with Crippen molar-refractivity contribution in [1.82, 2.24) is 0 Å². The van der Waals surface area contributed by atoms with Crippen LogP contribution < -0.4 is 0 Å². The summed E-state index contributed by atoms with van der Waals surface area (Å²) in [5.41, 5.74) is 1.63. The van der Waals surface area contributed by atoms with Gasteiger partial charge in [0.2, 0.25) is 0 Å². The normalized spacial score (nSPS) is 19.1. The van der Waals surface area contributed by atoms with Gasteiger partial charge in [0.25, 0.3) is 0 Å². The fourth-order valence-corrected chi connectivity index (χ4v) is 1.60. The lowest BCUT2D eigenvalue weighted by atomic mass is 9.97. The summed E-state index contributed by atoms with van der Waals surface area (Å²) in [5.74, 6) is 0.402. The number of hydrogen-bond donors (Lipinski definition) is 1. The molecule has 1 aromatic carbocycles. The highest BCUT2D eigenvalue weighted by atomic mass is 16.3. The van der Waals surface area contributed by atoms with E-state index in [-0.39, 0.29) is 11.5 Å². The van der Waals surface area contributed by atoms with E-state index in [1.54, 1.807) is 6.08 Å². The highest BCUT2D eigenvalue weighted by Crippen LogP contribution is 2.23. The Morgan fingerprint density at radius 3 is 2.40 bits per heavy atom. The van der Waals surface area contributed by atoms with Crippen LogP contribution in [0, 0.1) is 0 Å². The summed E-state index contributed by atoms with van der Waals surface area (Å²) < 4.78 is 0. The molecule has 0 radical (unpaired) electrons. The summed E-state index contributed by atoms with van der Waals surface area (Å²) in [6.07, 6.45) is 4.34. The van der Waals surface area contributed by atoms with E-state index in [9.17, 15) is 9.90 Å². The minimum Gasteiger partial charge on any atom is -0.507 e. The van der Waals surface area contributed by atoms with Gasteiger partial charge in [0.15, 0.2) is 5.78 Å². The first-order valence-corrected chi connectivity index (χ1v) is 4.96. The van der Waals surface area contributed by atoms with Gasteiger partial charge in [-0.2, -0.15) is 0 Å². The standard InChI is InChI=1S/C13H12O2/c14-12-8-6-11(7-9-12)13(15)10-4-2-1-3-5-10/h1-6,8,15H,7,9H2. The van der Waals surface area contributed by atoms with E-state index in [1.165, 1.54) is 6.08 Å². The third kappa shape index (κ3) is 2.15. The van der Waals surface area contributed by atoms with Crippen molar-refractivity contribution in [2.45, 2.75) is 12.8 Å². The van der Waals surface area contributed by atoms with Crippen molar-refractivity contribution >= 4 is 11.5 Å². The monoisotopic (exact) mass is 200 g/mol. The number of hydrogen-bond acceptors (Lipinski definition) is 2. The number of carbonyl (C=O) groups is 1. The highest BCUT2D eigenvalue weighted by Gasteiger charge is 2.11. The summed E-state index contributed by atoms with van der Waals surface area (Å²) >= 11 is 0. The van der Waals surface area contributed by atoms with Crippen LogP contribution >= 0.6 is 0 Å². The molecule has 0 saturated heterocycles. The fraction of sp³-hybridized carbons (Fsp3) is 0.154. The number of rotatable bonds is 1. The second-order valence-electron chi connectivity index (χ2n) is 3.54. The topological polar surface area (TPSA) is 37.3 Å². The van der Waals surface area contributed by atoms with Crippen molar-refractivity contribution in [3.8, 4) is 0 Å². The van der Waals surface area contributed by atoms with Crippen molar-refractivity contribution in [3.63, 3.8) is 0 Å². The number of allylic oxidation sites excluding steroid dienone is 3. The second kappa shape index (κ2) is 4.13. The first-order chi connectivity index (χ1) is 7.27. The summed E-state index contributed by atoms with van der Waals surface area (Å²) in [6, 6.07) is 9.37. The summed E-state index contributed by atoms with van der Waals surface area (Å²) in [7, 11) is 0. The Morgan fingerprint density at radius 1 is 1.07 bits per heavy atom. The molecule has 1 N–H and O–H groups in total. The number of aliphatic hydroxyl groups is 1. The molecular formula is C13H12O2. The largest absolute Gasteiger partial charge is 0.507 e. The molecule has 15 heavy (non-hydrogen) atoms. The Bertz CT molecular complexity index is 427. The predicted octanol–water partition coefficient (Wildman–Crippen LogP) is 2.87. The molecule has 1 aliphatic rings. The van der Waals surface area contributed by atoms with Crippen LogP contribution in [-0.4, -0.2) is 10.9 Å². The number of benzene rings is 1. The van der Waals surface area contributed by atoms with Gasteiger partial charge in [-0.25, -0.2) is 0 Å². The average molecular weight is 200 g/mol. The van der Waals surface area contributed by atoms with Crippen molar-refractivity contribution in [2.75, 3.05) is 0 Å². The Kier molecular flexibility index (Phi) is 2.68. The molecule has 0 bridgehead atoms. The summed E-state index contributed by atoms with van der Waals surface area (Å²) in [6.45, 7) is 0. The van der Waals surface area contributed by atoms with E-state index in [2.05, 4.69) is 0 Å². The van der Waals surface area contributed by atoms with E-state index < -0.39 is 0 Å². The second-order valence-corrected chi connectivity index (χ2v) is 3.54. The Labute approximate surface area is 88.6 Å². The van der Waals surface area contributed by atoms with Crippen LogP contribution in [0.2, 0.25) is 0 Å². The molecular weight excluding hydrogens is 188 g/mol. The molecule has 0 amide bonds. The predicted molar refractivity (Wildman–Crippen MR) is 59.4 cm³/mol. The minimum absolute atomic E-state index is 0.125. The molecule has 1 aliphatic carbocycles. The molecule has 0 spiro atoms. The van der Waals surface area contributed by atoms with Crippen LogP contribution in [0.25, 0.3) is 5.76 Å². The molecule has 0 saturated carbocycles. The maximum atomic E-state index is 11.0. The molecule has 2 heteroatoms. The van der Waals surface area contributed by atoms with E-state index in [0.29, 0.717) is 12.8 Å². The van der Waals surface area contributed by atoms with Gasteiger partial charge in [-0.1, -0.05) is 36.4 Å². The highest BCUT2D eigenvalue weighted by molar-refractivity contribution is 5.92. The maximum Gasteiger partial charge on any atom is 0.156 e. The molecule has 0 unspecified atom stereocenters. The lowest BCUT2D eigenvalue weighted by molar-refractivity contribution is -0.114. The Balaban J connectivity index is 2.34. The van der Waals surface area contributed by atoms with Crippen LogP contribution in [0.15, 0.2) is 48.1 Å². The van der Waals surface area contributed by atoms with Crippen LogP contribution in [0.4, 0.5) is 0 Å². The third-order valence-corrected chi connectivity index (χ3v) is 2.46. The van der Waals surface area contributed by atoms with Crippen molar-refractivity contribution < 1.29 is 9.90 Å². The van der Waals surface area contributed by atoms with Crippen LogP contribution in [-0.2, 0) is 4.79 Å². The molecule has 1 aromatic rings. The molecule has 0 heterocycles. The number of carbonyl (C=O) groups excluding carboxylic acids is 1. The summed E-state index contributed by atoms with van der Waals surface area (Å²) in [4.78, 5) is 11.0. The third-order valence-electron chi connectivity index (χ3n) is 2.46. The lowest BCUT2D eigenvalue weighted by Gasteiger charge is -2.09. The molecule has 0 fully saturated rings. The molecule has 76 valence electrons.